The van der Waals surface area contributed by atoms with Gasteiger partial charge >= 0.3 is 0 Å². The molecular formula is C23H29FN2O2. The summed E-state index contributed by atoms with van der Waals surface area (Å²) in [7, 11) is 0. The molecule has 1 fully saturated rings. The zero-order valence-electron chi connectivity index (χ0n) is 16.3. The second-order valence-corrected chi connectivity index (χ2v) is 7.81. The molecule has 0 radical (unpaired) electrons. The lowest BCUT2D eigenvalue weighted by molar-refractivity contribution is -0.0285. The van der Waals surface area contributed by atoms with Crippen LogP contribution in [0.15, 0.2) is 48.5 Å². The van der Waals surface area contributed by atoms with Crippen LogP contribution in [-0.4, -0.2) is 55.4 Å². The number of aryl methyl sites for hydroxylation is 1. The number of aliphatic hydroxyl groups excluding tert-OH is 1. The molecule has 2 aromatic rings. The second kappa shape index (κ2) is 9.03. The first-order chi connectivity index (χ1) is 13.7. The number of aliphatic hydroxyl groups is 1. The van der Waals surface area contributed by atoms with E-state index in [1.54, 1.807) is 6.07 Å². The maximum absolute atomic E-state index is 14.0. The van der Waals surface area contributed by atoms with Crippen LogP contribution in [0, 0.1) is 5.82 Å². The fourth-order valence-electron chi connectivity index (χ4n) is 4.34. The van der Waals surface area contributed by atoms with Crippen molar-refractivity contribution < 1.29 is 14.2 Å². The number of fused-ring (bicyclic) bond motifs is 1. The quantitative estimate of drug-likeness (QED) is 0.828. The van der Waals surface area contributed by atoms with Crippen LogP contribution in [0.4, 0.5) is 10.1 Å². The molecule has 5 heteroatoms. The van der Waals surface area contributed by atoms with Gasteiger partial charge in [0, 0.05) is 32.7 Å². The third-order valence-electron chi connectivity index (χ3n) is 5.84. The molecule has 2 unspecified atom stereocenters. The summed E-state index contributed by atoms with van der Waals surface area (Å²) in [4.78, 5) is 4.31. The Morgan fingerprint density at radius 3 is 2.61 bits per heavy atom. The Labute approximate surface area is 166 Å². The Morgan fingerprint density at radius 2 is 1.79 bits per heavy atom. The number of ether oxygens (including phenoxy) is 1. The first-order valence-electron chi connectivity index (χ1n) is 10.3. The fraction of sp³-hybridized carbons (Fsp3) is 0.478. The van der Waals surface area contributed by atoms with E-state index < -0.39 is 6.10 Å². The molecule has 1 N–H and O–H groups in total. The molecule has 4 nitrogen and oxygen atoms in total. The summed E-state index contributed by atoms with van der Waals surface area (Å²) < 4.78 is 20.0. The van der Waals surface area contributed by atoms with E-state index >= 15 is 0 Å². The van der Waals surface area contributed by atoms with Gasteiger partial charge in [0.25, 0.3) is 0 Å². The van der Waals surface area contributed by atoms with E-state index in [1.807, 2.05) is 12.1 Å². The third-order valence-corrected chi connectivity index (χ3v) is 5.84. The standard InChI is InChI=1S/C23H29FN2O2/c24-21-9-3-4-10-22(21)26-14-12-25(13-15-26)16-19(27)17-28-23-11-5-7-18-6-1-2-8-20(18)23/h1-4,6,8-10,19,23,27H,5,7,11-17H2. The summed E-state index contributed by atoms with van der Waals surface area (Å²) >= 11 is 0. The number of hydrogen-bond acceptors (Lipinski definition) is 4. The van der Waals surface area contributed by atoms with E-state index in [-0.39, 0.29) is 11.9 Å². The van der Waals surface area contributed by atoms with E-state index in [0.29, 0.717) is 18.8 Å². The SMILES string of the molecule is OC(COC1CCCc2ccccc21)CN1CCN(c2ccccc2F)CC1. The van der Waals surface area contributed by atoms with Gasteiger partial charge in [-0.2, -0.15) is 0 Å². The number of para-hydroxylation sites is 1. The van der Waals surface area contributed by atoms with Crippen molar-refractivity contribution >= 4 is 5.69 Å². The monoisotopic (exact) mass is 384 g/mol. The summed E-state index contributed by atoms with van der Waals surface area (Å²) in [6, 6.07) is 15.4. The highest BCUT2D eigenvalue weighted by atomic mass is 19.1. The smallest absolute Gasteiger partial charge is 0.146 e. The average molecular weight is 384 g/mol. The normalized spacial score (nSPS) is 21.4. The zero-order chi connectivity index (χ0) is 19.3. The molecule has 2 aliphatic rings. The van der Waals surface area contributed by atoms with Crippen LogP contribution in [0.1, 0.15) is 30.1 Å². The highest BCUT2D eigenvalue weighted by molar-refractivity contribution is 5.48. The van der Waals surface area contributed by atoms with Gasteiger partial charge in [-0.25, -0.2) is 4.39 Å². The third kappa shape index (κ3) is 4.54. The maximum atomic E-state index is 14.0. The topological polar surface area (TPSA) is 35.9 Å². The van der Waals surface area contributed by atoms with Crippen molar-refractivity contribution in [3.63, 3.8) is 0 Å². The van der Waals surface area contributed by atoms with Gasteiger partial charge in [0.15, 0.2) is 0 Å². The van der Waals surface area contributed by atoms with E-state index in [0.717, 1.165) is 45.4 Å². The molecule has 4 rings (SSSR count). The lowest BCUT2D eigenvalue weighted by Gasteiger charge is -2.37. The molecule has 1 saturated heterocycles. The predicted molar refractivity (Wildman–Crippen MR) is 109 cm³/mol. The number of anilines is 1. The molecule has 1 aliphatic heterocycles. The highest BCUT2D eigenvalue weighted by Crippen LogP contribution is 2.32. The second-order valence-electron chi connectivity index (χ2n) is 7.81. The number of piperazine rings is 1. The van der Waals surface area contributed by atoms with Crippen LogP contribution in [0.2, 0.25) is 0 Å². The average Bonchev–Trinajstić information content (AvgIpc) is 2.73. The van der Waals surface area contributed by atoms with E-state index in [1.165, 1.54) is 17.2 Å². The molecule has 0 bridgehead atoms. The van der Waals surface area contributed by atoms with Gasteiger partial charge in [-0.1, -0.05) is 36.4 Å². The Hall–Kier alpha value is -1.95. The van der Waals surface area contributed by atoms with E-state index in [2.05, 4.69) is 34.1 Å². The first kappa shape index (κ1) is 19.4. The number of halogens is 1. The van der Waals surface area contributed by atoms with E-state index in [4.69, 9.17) is 4.74 Å². The molecule has 0 saturated carbocycles. The molecule has 0 aromatic heterocycles. The minimum atomic E-state index is -0.505. The summed E-state index contributed by atoms with van der Waals surface area (Å²) in [6.07, 6.45) is 2.86. The first-order valence-corrected chi connectivity index (χ1v) is 10.3. The molecular weight excluding hydrogens is 355 g/mol. The largest absolute Gasteiger partial charge is 0.389 e. The van der Waals surface area contributed by atoms with Crippen molar-refractivity contribution in [2.24, 2.45) is 0 Å². The molecule has 1 heterocycles. The lowest BCUT2D eigenvalue weighted by atomic mass is 9.89. The number of rotatable bonds is 6. The molecule has 2 aromatic carbocycles. The van der Waals surface area contributed by atoms with Gasteiger partial charge in [0.2, 0.25) is 0 Å². The minimum absolute atomic E-state index is 0.0949. The van der Waals surface area contributed by atoms with Crippen molar-refractivity contribution in [3.05, 3.63) is 65.5 Å². The van der Waals surface area contributed by atoms with Gasteiger partial charge in [0.1, 0.15) is 5.82 Å². The van der Waals surface area contributed by atoms with Gasteiger partial charge in [-0.05, 0) is 42.5 Å². The van der Waals surface area contributed by atoms with Crippen LogP contribution in [-0.2, 0) is 11.2 Å². The Kier molecular flexibility index (Phi) is 6.25. The Bertz CT molecular complexity index is 777. The zero-order valence-corrected chi connectivity index (χ0v) is 16.3. The van der Waals surface area contributed by atoms with Crippen molar-refractivity contribution in [3.8, 4) is 0 Å². The molecule has 28 heavy (non-hydrogen) atoms. The highest BCUT2D eigenvalue weighted by Gasteiger charge is 2.24. The van der Waals surface area contributed by atoms with Crippen LogP contribution < -0.4 is 4.90 Å². The summed E-state index contributed by atoms with van der Waals surface area (Å²) in [6.45, 7) is 4.12. The van der Waals surface area contributed by atoms with Gasteiger partial charge in [-0.15, -0.1) is 0 Å². The van der Waals surface area contributed by atoms with Crippen LogP contribution in [0.25, 0.3) is 0 Å². The number of hydrogen-bond donors (Lipinski definition) is 1. The maximum Gasteiger partial charge on any atom is 0.146 e. The summed E-state index contributed by atoms with van der Waals surface area (Å²) in [5.74, 6) is -0.169. The van der Waals surface area contributed by atoms with Gasteiger partial charge < -0.3 is 14.7 Å². The Morgan fingerprint density at radius 1 is 1.04 bits per heavy atom. The molecule has 150 valence electrons. The Balaban J connectivity index is 1.23. The van der Waals surface area contributed by atoms with Gasteiger partial charge in [0.05, 0.1) is 24.5 Å². The van der Waals surface area contributed by atoms with Crippen molar-refractivity contribution in [1.82, 2.24) is 4.90 Å². The number of benzene rings is 2. The fourth-order valence-corrected chi connectivity index (χ4v) is 4.34. The molecule has 0 amide bonds. The molecule has 2 atom stereocenters. The van der Waals surface area contributed by atoms with Crippen molar-refractivity contribution in [1.29, 1.82) is 0 Å². The summed E-state index contributed by atoms with van der Waals surface area (Å²) in [5.41, 5.74) is 3.32. The van der Waals surface area contributed by atoms with E-state index in [9.17, 15) is 9.50 Å². The van der Waals surface area contributed by atoms with Crippen molar-refractivity contribution in [2.75, 3.05) is 44.2 Å². The van der Waals surface area contributed by atoms with Crippen LogP contribution in [0.3, 0.4) is 0 Å². The van der Waals surface area contributed by atoms with Crippen LogP contribution >= 0.6 is 0 Å². The number of nitrogens with zero attached hydrogens (tertiary/aromatic N) is 2. The molecule has 1 aliphatic carbocycles. The van der Waals surface area contributed by atoms with Crippen LogP contribution in [0.5, 0.6) is 0 Å². The van der Waals surface area contributed by atoms with Crippen molar-refractivity contribution in [2.45, 2.75) is 31.5 Å². The predicted octanol–water partition coefficient (Wildman–Crippen LogP) is 3.40. The summed E-state index contributed by atoms with van der Waals surface area (Å²) in [5, 5.41) is 10.5. The van der Waals surface area contributed by atoms with Gasteiger partial charge in [-0.3, -0.25) is 4.90 Å². The lowest BCUT2D eigenvalue weighted by Crippen LogP contribution is -2.49. The molecule has 0 spiro atoms. The number of β-amino-alcohol motifs (C(OH)–C–C–N with tert-alkyl or cyclic N) is 1. The minimum Gasteiger partial charge on any atom is -0.389 e.